The Morgan fingerprint density at radius 3 is 2.56 bits per heavy atom. The number of nitrogens with one attached hydrogen (secondary N) is 1. The molecule has 3 aromatic rings. The van der Waals surface area contributed by atoms with Gasteiger partial charge in [-0.1, -0.05) is 37.8 Å². The van der Waals surface area contributed by atoms with Crippen LogP contribution in [0.1, 0.15) is 68.9 Å². The van der Waals surface area contributed by atoms with Crippen molar-refractivity contribution in [3.63, 3.8) is 0 Å². The van der Waals surface area contributed by atoms with Gasteiger partial charge in [-0.05, 0) is 73.9 Å². The minimum absolute atomic E-state index is 0.0708. The number of nitrogens with zero attached hydrogens (tertiary/aromatic N) is 1. The zero-order valence-corrected chi connectivity index (χ0v) is 22.4. The van der Waals surface area contributed by atoms with Crippen molar-refractivity contribution in [2.24, 2.45) is 0 Å². The van der Waals surface area contributed by atoms with Gasteiger partial charge in [0.2, 0.25) is 11.5 Å². The molecule has 1 fully saturated rings. The standard InChI is InChI=1S/C31H38F2N2O4/c32-26-13-10-22(21-27(26)33)16-19-39-20-17-30(38)35(24-8-4-1-5-9-24)18-6-2-3-7-23-11-14-28(36)31-25(23)12-15-29(37)34-31/h10-15,21,24,36H,1-9,16-20H2,(H,34,37). The number of pyridine rings is 1. The number of H-pyrrole nitrogens is 1. The highest BCUT2D eigenvalue weighted by Crippen LogP contribution is 2.27. The quantitative estimate of drug-likeness (QED) is 0.259. The third kappa shape index (κ3) is 8.12. The Balaban J connectivity index is 1.23. The van der Waals surface area contributed by atoms with E-state index in [1.807, 2.05) is 6.07 Å². The van der Waals surface area contributed by atoms with Crippen LogP contribution in [0.5, 0.6) is 5.75 Å². The first-order chi connectivity index (χ1) is 18.9. The van der Waals surface area contributed by atoms with Gasteiger partial charge in [0.15, 0.2) is 11.6 Å². The maximum absolute atomic E-state index is 13.4. The summed E-state index contributed by atoms with van der Waals surface area (Å²) in [5.74, 6) is -1.54. The maximum atomic E-state index is 13.4. The monoisotopic (exact) mass is 540 g/mol. The normalized spacial score (nSPS) is 14.1. The molecule has 0 saturated heterocycles. The van der Waals surface area contributed by atoms with E-state index >= 15 is 0 Å². The lowest BCUT2D eigenvalue weighted by Gasteiger charge is -2.34. The van der Waals surface area contributed by atoms with Gasteiger partial charge in [-0.15, -0.1) is 0 Å². The largest absolute Gasteiger partial charge is 0.506 e. The number of rotatable bonds is 13. The number of halogens is 2. The Kier molecular flexibility index (Phi) is 10.5. The van der Waals surface area contributed by atoms with E-state index in [9.17, 15) is 23.5 Å². The van der Waals surface area contributed by atoms with Gasteiger partial charge in [-0.2, -0.15) is 0 Å². The number of carbonyl (C=O) groups excluding carboxylic acids is 1. The van der Waals surface area contributed by atoms with Crippen molar-refractivity contribution in [1.82, 2.24) is 9.88 Å². The molecule has 8 heteroatoms. The van der Waals surface area contributed by atoms with E-state index in [1.54, 1.807) is 18.2 Å². The summed E-state index contributed by atoms with van der Waals surface area (Å²) in [6.45, 7) is 1.38. The highest BCUT2D eigenvalue weighted by atomic mass is 19.2. The van der Waals surface area contributed by atoms with Gasteiger partial charge in [-0.3, -0.25) is 9.59 Å². The summed E-state index contributed by atoms with van der Waals surface area (Å²) in [5.41, 5.74) is 1.98. The number of aromatic amines is 1. The minimum Gasteiger partial charge on any atom is -0.506 e. The third-order valence-corrected chi connectivity index (χ3v) is 7.62. The number of aromatic nitrogens is 1. The lowest BCUT2D eigenvalue weighted by atomic mass is 9.93. The number of ether oxygens (including phenoxy) is 1. The van der Waals surface area contributed by atoms with E-state index < -0.39 is 11.6 Å². The predicted octanol–water partition coefficient (Wildman–Crippen LogP) is 6.04. The molecule has 0 aliphatic heterocycles. The predicted molar refractivity (Wildman–Crippen MR) is 148 cm³/mol. The summed E-state index contributed by atoms with van der Waals surface area (Å²) in [7, 11) is 0. The van der Waals surface area contributed by atoms with Crippen LogP contribution in [0.25, 0.3) is 10.9 Å². The summed E-state index contributed by atoms with van der Waals surface area (Å²) < 4.78 is 32.1. The van der Waals surface area contributed by atoms with Crippen LogP contribution in [0.15, 0.2) is 47.3 Å². The molecule has 1 aromatic heterocycles. The molecule has 2 N–H and O–H groups in total. The number of amides is 1. The van der Waals surface area contributed by atoms with Crippen molar-refractivity contribution in [3.8, 4) is 5.75 Å². The van der Waals surface area contributed by atoms with E-state index in [0.29, 0.717) is 37.1 Å². The molecule has 6 nitrogen and oxygen atoms in total. The fourth-order valence-corrected chi connectivity index (χ4v) is 5.48. The number of aromatic hydroxyl groups is 1. The topological polar surface area (TPSA) is 82.6 Å². The molecule has 1 aliphatic rings. The van der Waals surface area contributed by atoms with Crippen LogP contribution in [0.2, 0.25) is 0 Å². The second-order valence-corrected chi connectivity index (χ2v) is 10.4. The molecule has 0 spiro atoms. The Bertz CT molecular complexity index is 1300. The summed E-state index contributed by atoms with van der Waals surface area (Å²) in [6.07, 6.45) is 10.0. The van der Waals surface area contributed by atoms with Crippen LogP contribution in [0, 0.1) is 11.6 Å². The first kappa shape index (κ1) is 28.7. The van der Waals surface area contributed by atoms with Crippen LogP contribution >= 0.6 is 0 Å². The van der Waals surface area contributed by atoms with E-state index in [4.69, 9.17) is 4.74 Å². The Labute approximate surface area is 228 Å². The molecular weight excluding hydrogens is 502 g/mol. The number of benzene rings is 2. The van der Waals surface area contributed by atoms with Crippen LogP contribution in [0.3, 0.4) is 0 Å². The smallest absolute Gasteiger partial charge is 0.248 e. The molecule has 1 aliphatic carbocycles. The fourth-order valence-electron chi connectivity index (χ4n) is 5.48. The van der Waals surface area contributed by atoms with Crippen molar-refractivity contribution < 1.29 is 23.4 Å². The van der Waals surface area contributed by atoms with Gasteiger partial charge in [0.05, 0.1) is 25.2 Å². The number of hydrogen-bond acceptors (Lipinski definition) is 4. The summed E-state index contributed by atoms with van der Waals surface area (Å²) in [6, 6.07) is 10.9. The Morgan fingerprint density at radius 2 is 1.77 bits per heavy atom. The number of hydrogen-bond donors (Lipinski definition) is 2. The second-order valence-electron chi connectivity index (χ2n) is 10.4. The summed E-state index contributed by atoms with van der Waals surface area (Å²) in [4.78, 5) is 29.6. The zero-order chi connectivity index (χ0) is 27.6. The van der Waals surface area contributed by atoms with E-state index in [1.165, 1.54) is 18.6 Å². The van der Waals surface area contributed by atoms with Crippen molar-refractivity contribution in [2.75, 3.05) is 19.8 Å². The van der Waals surface area contributed by atoms with Crippen LogP contribution in [-0.4, -0.2) is 46.7 Å². The molecule has 210 valence electrons. The number of fused-ring (bicyclic) bond motifs is 1. The molecule has 0 bridgehead atoms. The zero-order valence-electron chi connectivity index (χ0n) is 22.4. The van der Waals surface area contributed by atoms with Crippen LogP contribution in [-0.2, 0) is 22.4 Å². The first-order valence-electron chi connectivity index (χ1n) is 14.1. The SMILES string of the molecule is O=C(CCOCCc1ccc(F)c(F)c1)N(CCCCCc1ccc(O)c2[nH]c(=O)ccc12)C1CCCCC1. The van der Waals surface area contributed by atoms with Gasteiger partial charge < -0.3 is 19.7 Å². The molecule has 0 unspecified atom stereocenters. The van der Waals surface area contributed by atoms with Crippen LogP contribution < -0.4 is 5.56 Å². The van der Waals surface area contributed by atoms with Gasteiger partial charge in [-0.25, -0.2) is 8.78 Å². The lowest BCUT2D eigenvalue weighted by molar-refractivity contribution is -0.135. The second kappa shape index (κ2) is 14.2. The van der Waals surface area contributed by atoms with Gasteiger partial charge in [0, 0.05) is 24.0 Å². The highest BCUT2D eigenvalue weighted by molar-refractivity contribution is 5.87. The van der Waals surface area contributed by atoms with Crippen molar-refractivity contribution in [2.45, 2.75) is 76.7 Å². The third-order valence-electron chi connectivity index (χ3n) is 7.62. The maximum Gasteiger partial charge on any atom is 0.248 e. The molecule has 0 atom stereocenters. The van der Waals surface area contributed by atoms with E-state index in [-0.39, 0.29) is 23.3 Å². The first-order valence-corrected chi connectivity index (χ1v) is 14.1. The highest BCUT2D eigenvalue weighted by Gasteiger charge is 2.24. The summed E-state index contributed by atoms with van der Waals surface area (Å²) >= 11 is 0. The van der Waals surface area contributed by atoms with Gasteiger partial charge in [0.25, 0.3) is 0 Å². The average Bonchev–Trinajstić information content (AvgIpc) is 2.94. The molecule has 1 saturated carbocycles. The number of phenols is 1. The molecule has 4 rings (SSSR count). The van der Waals surface area contributed by atoms with Crippen molar-refractivity contribution in [3.05, 3.63) is 75.6 Å². The summed E-state index contributed by atoms with van der Waals surface area (Å²) in [5, 5.41) is 10.9. The van der Waals surface area contributed by atoms with Crippen molar-refractivity contribution in [1.29, 1.82) is 0 Å². The lowest BCUT2D eigenvalue weighted by Crippen LogP contribution is -2.42. The molecule has 0 radical (unpaired) electrons. The Hall–Kier alpha value is -3.26. The number of unbranched alkanes of at least 4 members (excludes halogenated alkanes) is 2. The van der Waals surface area contributed by atoms with E-state index in [2.05, 4.69) is 9.88 Å². The van der Waals surface area contributed by atoms with Crippen molar-refractivity contribution >= 4 is 16.8 Å². The molecule has 39 heavy (non-hydrogen) atoms. The van der Waals surface area contributed by atoms with Crippen LogP contribution in [0.4, 0.5) is 8.78 Å². The molecule has 2 aromatic carbocycles. The molecular formula is C31H38F2N2O4. The van der Waals surface area contributed by atoms with Gasteiger partial charge in [0.1, 0.15) is 5.75 Å². The number of aryl methyl sites for hydroxylation is 1. The molecule has 1 heterocycles. The fraction of sp³-hybridized carbons (Fsp3) is 0.484. The number of phenolic OH excluding ortho intramolecular Hbond substituents is 1. The minimum atomic E-state index is -0.862. The number of carbonyl (C=O) groups is 1. The van der Waals surface area contributed by atoms with Gasteiger partial charge >= 0.3 is 0 Å². The Morgan fingerprint density at radius 1 is 0.949 bits per heavy atom. The molecule has 1 amide bonds. The van der Waals surface area contributed by atoms with E-state index in [0.717, 1.165) is 74.9 Å². The average molecular weight is 541 g/mol.